The molecule has 3 rings (SSSR count). The molecule has 2 aliphatic rings. The van der Waals surface area contributed by atoms with Gasteiger partial charge in [0.1, 0.15) is 5.54 Å². The third kappa shape index (κ3) is 4.06. The van der Waals surface area contributed by atoms with Crippen LogP contribution in [0.5, 0.6) is 0 Å². The maximum Gasteiger partial charge on any atom is 0.241 e. The number of aryl methyl sites for hydroxylation is 1. The molecule has 1 atom stereocenters. The lowest BCUT2D eigenvalue weighted by Crippen LogP contribution is -2.59. The summed E-state index contributed by atoms with van der Waals surface area (Å²) in [5.74, 6) is 0.174. The number of hydrogen-bond donors (Lipinski definition) is 2. The molecule has 1 saturated heterocycles. The molecule has 0 spiro atoms. The number of benzene rings is 1. The Hall–Kier alpha value is -1.39. The van der Waals surface area contributed by atoms with Crippen LogP contribution < -0.4 is 5.32 Å². The summed E-state index contributed by atoms with van der Waals surface area (Å²) in [5, 5.41) is 12.8. The van der Waals surface area contributed by atoms with Crippen LogP contribution in [0.3, 0.4) is 0 Å². The van der Waals surface area contributed by atoms with Gasteiger partial charge in [-0.05, 0) is 57.7 Å². The summed E-state index contributed by atoms with van der Waals surface area (Å²) in [6.45, 7) is 4.23. The van der Waals surface area contributed by atoms with Gasteiger partial charge in [0.25, 0.3) is 0 Å². The van der Waals surface area contributed by atoms with E-state index in [-0.39, 0.29) is 24.1 Å². The van der Waals surface area contributed by atoms with Crippen molar-refractivity contribution in [3.05, 3.63) is 35.4 Å². The lowest BCUT2D eigenvalue weighted by Gasteiger charge is -2.44. The van der Waals surface area contributed by atoms with Gasteiger partial charge in [-0.25, -0.2) is 0 Å². The third-order valence-corrected chi connectivity index (χ3v) is 6.02. The van der Waals surface area contributed by atoms with Crippen molar-refractivity contribution >= 4 is 5.91 Å². The second kappa shape index (κ2) is 8.33. The Kier molecular flexibility index (Phi) is 6.13. The molecule has 1 aliphatic heterocycles. The molecule has 2 fully saturated rings. The van der Waals surface area contributed by atoms with E-state index in [2.05, 4.69) is 41.4 Å². The summed E-state index contributed by atoms with van der Waals surface area (Å²) in [6.07, 6.45) is 8.42. The van der Waals surface area contributed by atoms with Crippen LogP contribution >= 0.6 is 0 Å². The Labute approximate surface area is 151 Å². The molecule has 2 N–H and O–H groups in total. The first-order valence-electron chi connectivity index (χ1n) is 9.89. The Morgan fingerprint density at radius 3 is 2.36 bits per heavy atom. The van der Waals surface area contributed by atoms with Crippen molar-refractivity contribution < 1.29 is 9.90 Å². The van der Waals surface area contributed by atoms with Crippen LogP contribution in [0, 0.1) is 6.92 Å². The van der Waals surface area contributed by atoms with Crippen molar-refractivity contribution in [3.63, 3.8) is 0 Å². The predicted molar refractivity (Wildman–Crippen MR) is 100 cm³/mol. The van der Waals surface area contributed by atoms with E-state index in [4.69, 9.17) is 0 Å². The quantitative estimate of drug-likeness (QED) is 0.832. The monoisotopic (exact) mass is 344 g/mol. The minimum Gasteiger partial charge on any atom is -0.396 e. The maximum atomic E-state index is 13.4. The lowest BCUT2D eigenvalue weighted by atomic mass is 9.79. The van der Waals surface area contributed by atoms with Crippen molar-refractivity contribution in [1.82, 2.24) is 10.2 Å². The second-order valence-corrected chi connectivity index (χ2v) is 7.74. The zero-order valence-corrected chi connectivity index (χ0v) is 15.5. The molecule has 4 heteroatoms. The molecule has 1 aromatic carbocycles. The lowest BCUT2D eigenvalue weighted by molar-refractivity contribution is -0.136. The van der Waals surface area contributed by atoms with Crippen LogP contribution in [0.25, 0.3) is 0 Å². The molecule has 0 radical (unpaired) electrons. The highest BCUT2D eigenvalue weighted by Gasteiger charge is 2.45. The van der Waals surface area contributed by atoms with E-state index >= 15 is 0 Å². The molecule has 1 aromatic rings. The van der Waals surface area contributed by atoms with Crippen molar-refractivity contribution in [2.75, 3.05) is 19.7 Å². The molecule has 1 saturated carbocycles. The summed E-state index contributed by atoms with van der Waals surface area (Å²) in [6, 6.07) is 8.17. The summed E-state index contributed by atoms with van der Waals surface area (Å²) >= 11 is 0. The van der Waals surface area contributed by atoms with E-state index < -0.39 is 0 Å². The zero-order chi connectivity index (χ0) is 17.7. The van der Waals surface area contributed by atoms with E-state index in [9.17, 15) is 9.90 Å². The molecule has 0 unspecified atom stereocenters. The Morgan fingerprint density at radius 1 is 1.12 bits per heavy atom. The summed E-state index contributed by atoms with van der Waals surface area (Å²) in [7, 11) is 0. The van der Waals surface area contributed by atoms with Gasteiger partial charge in [-0.1, -0.05) is 49.1 Å². The SMILES string of the molecule is Cc1ccc([C@H](CCO)NC(=O)C2(N3CCCC3)CCCCC2)cc1. The first-order chi connectivity index (χ1) is 12.2. The average molecular weight is 344 g/mol. The molecule has 4 nitrogen and oxygen atoms in total. The molecule has 1 heterocycles. The summed E-state index contributed by atoms with van der Waals surface area (Å²) in [5.41, 5.74) is 1.96. The summed E-state index contributed by atoms with van der Waals surface area (Å²) < 4.78 is 0. The smallest absolute Gasteiger partial charge is 0.241 e. The molecule has 0 bridgehead atoms. The molecular formula is C21H32N2O2. The molecular weight excluding hydrogens is 312 g/mol. The maximum absolute atomic E-state index is 13.4. The van der Waals surface area contributed by atoms with Crippen molar-refractivity contribution in [3.8, 4) is 0 Å². The predicted octanol–water partition coefficient (Wildman–Crippen LogP) is 3.33. The molecule has 0 aromatic heterocycles. The fraction of sp³-hybridized carbons (Fsp3) is 0.667. The van der Waals surface area contributed by atoms with Gasteiger partial charge < -0.3 is 10.4 Å². The number of amides is 1. The van der Waals surface area contributed by atoms with Gasteiger partial charge >= 0.3 is 0 Å². The van der Waals surface area contributed by atoms with E-state index in [1.165, 1.54) is 24.8 Å². The Bertz CT molecular complexity index is 558. The van der Waals surface area contributed by atoms with E-state index in [0.29, 0.717) is 6.42 Å². The number of nitrogens with zero attached hydrogens (tertiary/aromatic N) is 1. The van der Waals surface area contributed by atoms with Crippen LogP contribution in [0.15, 0.2) is 24.3 Å². The molecule has 1 aliphatic carbocycles. The first-order valence-corrected chi connectivity index (χ1v) is 9.89. The number of aliphatic hydroxyl groups excluding tert-OH is 1. The second-order valence-electron chi connectivity index (χ2n) is 7.74. The fourth-order valence-corrected chi connectivity index (χ4v) is 4.51. The number of carbonyl (C=O) groups is 1. The van der Waals surface area contributed by atoms with Crippen LogP contribution in [-0.2, 0) is 4.79 Å². The van der Waals surface area contributed by atoms with E-state index in [1.54, 1.807) is 0 Å². The van der Waals surface area contributed by atoms with Crippen LogP contribution in [0.2, 0.25) is 0 Å². The number of likely N-dealkylation sites (tertiary alicyclic amines) is 1. The minimum absolute atomic E-state index is 0.0789. The van der Waals surface area contributed by atoms with Gasteiger partial charge in [0.15, 0.2) is 0 Å². The van der Waals surface area contributed by atoms with Crippen LogP contribution in [0.1, 0.15) is 68.5 Å². The molecule has 138 valence electrons. The van der Waals surface area contributed by atoms with Gasteiger partial charge in [0.05, 0.1) is 6.04 Å². The van der Waals surface area contributed by atoms with Crippen molar-refractivity contribution in [1.29, 1.82) is 0 Å². The largest absolute Gasteiger partial charge is 0.396 e. The highest BCUT2D eigenvalue weighted by molar-refractivity contribution is 5.87. The number of rotatable bonds is 6. The van der Waals surface area contributed by atoms with Crippen molar-refractivity contribution in [2.45, 2.75) is 69.9 Å². The standard InChI is InChI=1S/C21H32N2O2/c1-17-7-9-18(10-8-17)19(11-16-24)22-20(25)21(12-3-2-4-13-21)23-14-5-6-15-23/h7-10,19,24H,2-6,11-16H2,1H3,(H,22,25)/t19-/m0/s1. The van der Waals surface area contributed by atoms with Crippen LogP contribution in [0.4, 0.5) is 0 Å². The summed E-state index contributed by atoms with van der Waals surface area (Å²) in [4.78, 5) is 15.8. The number of aliphatic hydroxyl groups is 1. The van der Waals surface area contributed by atoms with Crippen molar-refractivity contribution in [2.24, 2.45) is 0 Å². The van der Waals surface area contributed by atoms with E-state index in [0.717, 1.165) is 44.3 Å². The topological polar surface area (TPSA) is 52.6 Å². The Morgan fingerprint density at radius 2 is 1.76 bits per heavy atom. The number of nitrogens with one attached hydrogen (secondary N) is 1. The minimum atomic E-state index is -0.326. The van der Waals surface area contributed by atoms with Gasteiger partial charge in [-0.3, -0.25) is 9.69 Å². The van der Waals surface area contributed by atoms with Crippen LogP contribution in [-0.4, -0.2) is 41.1 Å². The third-order valence-electron chi connectivity index (χ3n) is 6.02. The van der Waals surface area contributed by atoms with Gasteiger partial charge in [-0.15, -0.1) is 0 Å². The number of carbonyl (C=O) groups excluding carboxylic acids is 1. The zero-order valence-electron chi connectivity index (χ0n) is 15.5. The van der Waals surface area contributed by atoms with E-state index in [1.807, 2.05) is 0 Å². The first kappa shape index (κ1) is 18.4. The average Bonchev–Trinajstić information content (AvgIpc) is 3.18. The van der Waals surface area contributed by atoms with Gasteiger partial charge in [0, 0.05) is 6.61 Å². The fourth-order valence-electron chi connectivity index (χ4n) is 4.51. The normalized spacial score (nSPS) is 21.8. The molecule has 25 heavy (non-hydrogen) atoms. The Balaban J connectivity index is 1.79. The molecule has 1 amide bonds. The highest BCUT2D eigenvalue weighted by atomic mass is 16.3. The number of hydrogen-bond acceptors (Lipinski definition) is 3. The van der Waals surface area contributed by atoms with Gasteiger partial charge in [-0.2, -0.15) is 0 Å². The highest BCUT2D eigenvalue weighted by Crippen LogP contribution is 2.37. The van der Waals surface area contributed by atoms with Gasteiger partial charge in [0.2, 0.25) is 5.91 Å².